The second kappa shape index (κ2) is 12.8. The van der Waals surface area contributed by atoms with E-state index >= 15 is 0 Å². The lowest BCUT2D eigenvalue weighted by Gasteiger charge is -2.13. The number of nitrogens with two attached hydrogens (primary N) is 1. The van der Waals surface area contributed by atoms with Gasteiger partial charge in [-0.3, -0.25) is 0 Å². The van der Waals surface area contributed by atoms with Crippen molar-refractivity contribution in [3.05, 3.63) is 95.4 Å². The third kappa shape index (κ3) is 9.73. The average Bonchev–Trinajstić information content (AvgIpc) is 2.61. The Bertz CT molecular complexity index is 655. The molecule has 1 rings (SSSR count). The van der Waals surface area contributed by atoms with Gasteiger partial charge in [0.15, 0.2) is 0 Å². The highest BCUT2D eigenvalue weighted by Crippen LogP contribution is 2.09. The van der Waals surface area contributed by atoms with Gasteiger partial charge in [0.2, 0.25) is 0 Å². The predicted octanol–water partition coefficient (Wildman–Crippen LogP) is 5.67. The van der Waals surface area contributed by atoms with Crippen LogP contribution in [0, 0.1) is 5.92 Å². The van der Waals surface area contributed by atoms with Crippen LogP contribution in [-0.4, -0.2) is 6.54 Å². The molecule has 0 bridgehead atoms. The van der Waals surface area contributed by atoms with E-state index in [0.29, 0.717) is 5.92 Å². The minimum atomic E-state index is 0.499. The Morgan fingerprint density at radius 1 is 1.12 bits per heavy atom. The van der Waals surface area contributed by atoms with Gasteiger partial charge in [-0.1, -0.05) is 87.6 Å². The summed E-state index contributed by atoms with van der Waals surface area (Å²) >= 11 is 0. The zero-order valence-electron chi connectivity index (χ0n) is 16.7. The first kappa shape index (κ1) is 21.6. The highest BCUT2D eigenvalue weighted by atomic mass is 14.9. The van der Waals surface area contributed by atoms with E-state index in [4.69, 9.17) is 5.73 Å². The highest BCUT2D eigenvalue weighted by molar-refractivity contribution is 5.28. The van der Waals surface area contributed by atoms with Crippen molar-refractivity contribution >= 4 is 0 Å². The van der Waals surface area contributed by atoms with Crippen LogP contribution >= 0.6 is 0 Å². The normalized spacial score (nSPS) is 14.0. The van der Waals surface area contributed by atoms with E-state index in [1.54, 1.807) is 0 Å². The SMILES string of the molecule is CC/C=C/C=C\C=C(/CNC(/C=C\C(C)C)=C(\C)N)Cc1ccccc1. The first-order valence-electron chi connectivity index (χ1n) is 9.46. The van der Waals surface area contributed by atoms with Gasteiger partial charge in [0.25, 0.3) is 0 Å². The summed E-state index contributed by atoms with van der Waals surface area (Å²) in [5.41, 5.74) is 10.5. The van der Waals surface area contributed by atoms with Gasteiger partial charge in [0.1, 0.15) is 0 Å². The summed E-state index contributed by atoms with van der Waals surface area (Å²) in [5, 5.41) is 3.49. The van der Waals surface area contributed by atoms with Crippen LogP contribution in [0.2, 0.25) is 0 Å². The Kier molecular flexibility index (Phi) is 10.6. The number of nitrogens with one attached hydrogen (secondary N) is 1. The summed E-state index contributed by atoms with van der Waals surface area (Å²) in [7, 11) is 0. The molecular weight excluding hydrogens is 316 g/mol. The first-order valence-corrected chi connectivity index (χ1v) is 9.46. The van der Waals surface area contributed by atoms with E-state index in [1.165, 1.54) is 11.1 Å². The lowest BCUT2D eigenvalue weighted by Crippen LogP contribution is -2.20. The van der Waals surface area contributed by atoms with Crippen molar-refractivity contribution in [2.75, 3.05) is 6.54 Å². The van der Waals surface area contributed by atoms with E-state index in [1.807, 2.05) is 6.92 Å². The Labute approximate surface area is 159 Å². The minimum absolute atomic E-state index is 0.499. The third-order valence-electron chi connectivity index (χ3n) is 3.78. The molecule has 2 heteroatoms. The molecule has 26 heavy (non-hydrogen) atoms. The molecule has 3 N–H and O–H groups in total. The molecule has 0 unspecified atom stereocenters. The molecule has 0 aliphatic carbocycles. The molecule has 0 saturated carbocycles. The Morgan fingerprint density at radius 2 is 1.85 bits per heavy atom. The number of benzene rings is 1. The molecule has 1 aromatic rings. The van der Waals surface area contributed by atoms with Gasteiger partial charge in [0, 0.05) is 12.2 Å². The summed E-state index contributed by atoms with van der Waals surface area (Å²) in [6.45, 7) is 9.16. The topological polar surface area (TPSA) is 38.0 Å². The molecule has 0 radical (unpaired) electrons. The van der Waals surface area contributed by atoms with Crippen LogP contribution in [-0.2, 0) is 6.42 Å². The molecule has 0 fully saturated rings. The number of rotatable bonds is 10. The van der Waals surface area contributed by atoms with Crippen molar-refractivity contribution in [2.45, 2.75) is 40.5 Å². The number of allylic oxidation sites excluding steroid dienone is 8. The van der Waals surface area contributed by atoms with Crippen molar-refractivity contribution in [3.8, 4) is 0 Å². The minimum Gasteiger partial charge on any atom is -0.401 e. The molecule has 0 heterocycles. The smallest absolute Gasteiger partial charge is 0.0527 e. The van der Waals surface area contributed by atoms with Gasteiger partial charge in [-0.15, -0.1) is 0 Å². The van der Waals surface area contributed by atoms with Crippen LogP contribution in [0.15, 0.2) is 89.8 Å². The monoisotopic (exact) mass is 350 g/mol. The molecule has 0 atom stereocenters. The van der Waals surface area contributed by atoms with E-state index in [-0.39, 0.29) is 0 Å². The second-order valence-corrected chi connectivity index (χ2v) is 6.76. The van der Waals surface area contributed by atoms with Crippen LogP contribution in [0.4, 0.5) is 0 Å². The summed E-state index contributed by atoms with van der Waals surface area (Å²) in [6, 6.07) is 10.5. The van der Waals surface area contributed by atoms with E-state index in [2.05, 4.69) is 99.0 Å². The van der Waals surface area contributed by atoms with Crippen molar-refractivity contribution in [3.63, 3.8) is 0 Å². The van der Waals surface area contributed by atoms with Crippen LogP contribution in [0.5, 0.6) is 0 Å². The Balaban J connectivity index is 2.86. The van der Waals surface area contributed by atoms with Crippen molar-refractivity contribution < 1.29 is 0 Å². The summed E-state index contributed by atoms with van der Waals surface area (Å²) in [4.78, 5) is 0. The van der Waals surface area contributed by atoms with Gasteiger partial charge < -0.3 is 11.1 Å². The molecule has 2 nitrogen and oxygen atoms in total. The molecule has 0 aliphatic rings. The van der Waals surface area contributed by atoms with Crippen molar-refractivity contribution in [2.24, 2.45) is 11.7 Å². The molecule has 0 aliphatic heterocycles. The maximum atomic E-state index is 6.04. The maximum Gasteiger partial charge on any atom is 0.0527 e. The summed E-state index contributed by atoms with van der Waals surface area (Å²) < 4.78 is 0. The highest BCUT2D eigenvalue weighted by Gasteiger charge is 2.02. The fraction of sp³-hybridized carbons (Fsp3) is 0.333. The van der Waals surface area contributed by atoms with Crippen LogP contribution in [0.1, 0.15) is 39.7 Å². The first-order chi connectivity index (χ1) is 12.5. The van der Waals surface area contributed by atoms with Gasteiger partial charge >= 0.3 is 0 Å². The average molecular weight is 351 g/mol. The van der Waals surface area contributed by atoms with E-state index < -0.39 is 0 Å². The van der Waals surface area contributed by atoms with Crippen LogP contribution < -0.4 is 11.1 Å². The summed E-state index contributed by atoms with van der Waals surface area (Å²) in [6.07, 6.45) is 16.8. The number of hydrogen-bond donors (Lipinski definition) is 2. The zero-order chi connectivity index (χ0) is 19.2. The largest absolute Gasteiger partial charge is 0.401 e. The van der Waals surface area contributed by atoms with Gasteiger partial charge in [0.05, 0.1) is 5.70 Å². The molecule has 0 aromatic heterocycles. The molecule has 0 saturated heterocycles. The lowest BCUT2D eigenvalue weighted by molar-refractivity contribution is 0.815. The quantitative estimate of drug-likeness (QED) is 0.534. The Hall–Kier alpha value is -2.48. The van der Waals surface area contributed by atoms with Crippen molar-refractivity contribution in [1.82, 2.24) is 5.32 Å². The Morgan fingerprint density at radius 3 is 2.46 bits per heavy atom. The zero-order valence-corrected chi connectivity index (χ0v) is 16.7. The number of hydrogen-bond acceptors (Lipinski definition) is 2. The van der Waals surface area contributed by atoms with Gasteiger partial charge in [-0.2, -0.15) is 0 Å². The molecule has 140 valence electrons. The molecular formula is C24H34N2. The van der Waals surface area contributed by atoms with Crippen LogP contribution in [0.25, 0.3) is 0 Å². The van der Waals surface area contributed by atoms with E-state index in [9.17, 15) is 0 Å². The van der Waals surface area contributed by atoms with Gasteiger partial charge in [-0.25, -0.2) is 0 Å². The standard InChI is InChI=1S/C24H34N2/c1-5-6-7-8-10-15-23(18-22-13-11-9-12-14-22)19-26-24(21(4)25)17-16-20(2)3/h6-17,20,26H,5,18-19,25H2,1-4H3/b7-6+,10-8-,17-16-,23-15-,24-21+. The molecule has 1 aromatic carbocycles. The predicted molar refractivity (Wildman–Crippen MR) is 116 cm³/mol. The van der Waals surface area contributed by atoms with Crippen LogP contribution in [0.3, 0.4) is 0 Å². The summed E-state index contributed by atoms with van der Waals surface area (Å²) in [5.74, 6) is 0.499. The third-order valence-corrected chi connectivity index (χ3v) is 3.78. The van der Waals surface area contributed by atoms with Gasteiger partial charge in [-0.05, 0) is 42.9 Å². The fourth-order valence-corrected chi connectivity index (χ4v) is 2.34. The molecule has 0 amide bonds. The van der Waals surface area contributed by atoms with E-state index in [0.717, 1.165) is 30.8 Å². The lowest BCUT2D eigenvalue weighted by atomic mass is 10.0. The second-order valence-electron chi connectivity index (χ2n) is 6.76. The maximum absolute atomic E-state index is 6.04. The fourth-order valence-electron chi connectivity index (χ4n) is 2.34. The van der Waals surface area contributed by atoms with Crippen molar-refractivity contribution in [1.29, 1.82) is 0 Å². The molecule has 0 spiro atoms.